The number of nitrogens with two attached hydrogens (primary N) is 1. The van der Waals surface area contributed by atoms with Crippen LogP contribution in [0.3, 0.4) is 0 Å². The Morgan fingerprint density at radius 3 is 2.60 bits per heavy atom. The third-order valence-electron chi connectivity index (χ3n) is 4.07. The van der Waals surface area contributed by atoms with Crippen LogP contribution in [-0.2, 0) is 23.0 Å². The molecule has 1 aliphatic carbocycles. The lowest BCUT2D eigenvalue weighted by molar-refractivity contribution is 0.519. The number of aryl methyl sites for hydroxylation is 1. The van der Waals surface area contributed by atoms with E-state index in [0.29, 0.717) is 30.3 Å². The second kappa shape index (κ2) is 6.70. The van der Waals surface area contributed by atoms with Gasteiger partial charge in [0.15, 0.2) is 0 Å². The standard InChI is InChI=1S/C15H24N2O2S/c1-2-14-8-7-13(10-16)9-15(14)20(18,19)17-11-12-5-3-4-6-12/h7-9,12,17H,2-6,10-11,16H2,1H3. The summed E-state index contributed by atoms with van der Waals surface area (Å²) in [5, 5.41) is 0. The molecule has 1 aliphatic rings. The topological polar surface area (TPSA) is 72.2 Å². The monoisotopic (exact) mass is 296 g/mol. The van der Waals surface area contributed by atoms with Crippen LogP contribution in [0.1, 0.15) is 43.7 Å². The van der Waals surface area contributed by atoms with Gasteiger partial charge in [0, 0.05) is 13.1 Å². The smallest absolute Gasteiger partial charge is 0.240 e. The Labute approximate surface area is 121 Å². The van der Waals surface area contributed by atoms with Gasteiger partial charge in [0.1, 0.15) is 0 Å². The van der Waals surface area contributed by atoms with Crippen LogP contribution in [0.5, 0.6) is 0 Å². The largest absolute Gasteiger partial charge is 0.326 e. The number of hydrogen-bond acceptors (Lipinski definition) is 3. The second-order valence-corrected chi connectivity index (χ2v) is 7.24. The van der Waals surface area contributed by atoms with Crippen molar-refractivity contribution in [3.63, 3.8) is 0 Å². The summed E-state index contributed by atoms with van der Waals surface area (Å²) in [5.74, 6) is 0.493. The first kappa shape index (κ1) is 15.5. The highest BCUT2D eigenvalue weighted by atomic mass is 32.2. The highest BCUT2D eigenvalue weighted by Crippen LogP contribution is 2.25. The Hall–Kier alpha value is -0.910. The summed E-state index contributed by atoms with van der Waals surface area (Å²) < 4.78 is 27.7. The number of sulfonamides is 1. The molecule has 0 atom stereocenters. The SMILES string of the molecule is CCc1ccc(CN)cc1S(=O)(=O)NCC1CCCC1. The van der Waals surface area contributed by atoms with Gasteiger partial charge in [-0.1, -0.05) is 31.9 Å². The molecule has 2 rings (SSSR count). The van der Waals surface area contributed by atoms with Gasteiger partial charge in [-0.25, -0.2) is 13.1 Å². The zero-order chi connectivity index (χ0) is 14.6. The van der Waals surface area contributed by atoms with Crippen molar-refractivity contribution in [3.05, 3.63) is 29.3 Å². The van der Waals surface area contributed by atoms with E-state index in [2.05, 4.69) is 4.72 Å². The fraction of sp³-hybridized carbons (Fsp3) is 0.600. The van der Waals surface area contributed by atoms with Gasteiger partial charge in [0.2, 0.25) is 10.0 Å². The van der Waals surface area contributed by atoms with Gasteiger partial charge in [0.25, 0.3) is 0 Å². The highest BCUT2D eigenvalue weighted by Gasteiger charge is 2.21. The fourth-order valence-electron chi connectivity index (χ4n) is 2.79. The Balaban J connectivity index is 2.18. The average molecular weight is 296 g/mol. The van der Waals surface area contributed by atoms with Gasteiger partial charge in [-0.05, 0) is 42.4 Å². The fourth-order valence-corrected chi connectivity index (χ4v) is 4.26. The zero-order valence-electron chi connectivity index (χ0n) is 12.1. The van der Waals surface area contributed by atoms with E-state index in [-0.39, 0.29) is 0 Å². The maximum atomic E-state index is 12.5. The van der Waals surface area contributed by atoms with Crippen molar-refractivity contribution < 1.29 is 8.42 Å². The molecule has 20 heavy (non-hydrogen) atoms. The van der Waals surface area contributed by atoms with Gasteiger partial charge < -0.3 is 5.73 Å². The molecule has 0 heterocycles. The highest BCUT2D eigenvalue weighted by molar-refractivity contribution is 7.89. The van der Waals surface area contributed by atoms with Gasteiger partial charge in [-0.2, -0.15) is 0 Å². The summed E-state index contributed by atoms with van der Waals surface area (Å²) in [6, 6.07) is 5.47. The molecular formula is C15H24N2O2S. The molecule has 0 bridgehead atoms. The van der Waals surface area contributed by atoms with Crippen LogP contribution in [-0.4, -0.2) is 15.0 Å². The van der Waals surface area contributed by atoms with Crippen LogP contribution >= 0.6 is 0 Å². The van der Waals surface area contributed by atoms with Crippen molar-refractivity contribution in [1.82, 2.24) is 4.72 Å². The van der Waals surface area contributed by atoms with Crippen molar-refractivity contribution in [2.24, 2.45) is 11.7 Å². The predicted octanol–water partition coefficient (Wildman–Crippen LogP) is 2.18. The van der Waals surface area contributed by atoms with Crippen LogP contribution in [0.15, 0.2) is 23.1 Å². The van der Waals surface area contributed by atoms with Crippen molar-refractivity contribution in [2.75, 3.05) is 6.54 Å². The molecule has 1 aromatic rings. The minimum atomic E-state index is -3.43. The van der Waals surface area contributed by atoms with E-state index in [9.17, 15) is 8.42 Å². The molecule has 3 N–H and O–H groups in total. The molecule has 0 aromatic heterocycles. The molecule has 0 amide bonds. The lowest BCUT2D eigenvalue weighted by atomic mass is 10.1. The zero-order valence-corrected chi connectivity index (χ0v) is 12.9. The molecule has 0 spiro atoms. The lowest BCUT2D eigenvalue weighted by Gasteiger charge is -2.14. The van der Waals surface area contributed by atoms with Crippen molar-refractivity contribution in [2.45, 2.75) is 50.5 Å². The molecule has 4 nitrogen and oxygen atoms in total. The summed E-state index contributed by atoms with van der Waals surface area (Å²) >= 11 is 0. The van der Waals surface area contributed by atoms with Gasteiger partial charge >= 0.3 is 0 Å². The van der Waals surface area contributed by atoms with E-state index in [1.807, 2.05) is 19.1 Å². The average Bonchev–Trinajstić information content (AvgIpc) is 2.98. The summed E-state index contributed by atoms with van der Waals surface area (Å²) in [5.41, 5.74) is 7.31. The Kier molecular flexibility index (Phi) is 5.18. The second-order valence-electron chi connectivity index (χ2n) is 5.50. The van der Waals surface area contributed by atoms with Crippen LogP contribution in [0, 0.1) is 5.92 Å². The maximum absolute atomic E-state index is 12.5. The van der Waals surface area contributed by atoms with Crippen LogP contribution in [0.25, 0.3) is 0 Å². The summed E-state index contributed by atoms with van der Waals surface area (Å²) in [6.45, 7) is 2.88. The molecule has 1 aromatic carbocycles. The summed E-state index contributed by atoms with van der Waals surface area (Å²) in [7, 11) is -3.43. The first-order valence-electron chi connectivity index (χ1n) is 7.38. The molecule has 0 saturated heterocycles. The molecule has 0 aliphatic heterocycles. The third kappa shape index (κ3) is 3.59. The first-order chi connectivity index (χ1) is 9.56. The van der Waals surface area contributed by atoms with Crippen molar-refractivity contribution in [3.8, 4) is 0 Å². The molecule has 1 saturated carbocycles. The number of benzene rings is 1. The maximum Gasteiger partial charge on any atom is 0.240 e. The summed E-state index contributed by atoms with van der Waals surface area (Å²) in [4.78, 5) is 0.390. The molecule has 5 heteroatoms. The van der Waals surface area contributed by atoms with E-state index >= 15 is 0 Å². The quantitative estimate of drug-likeness (QED) is 0.845. The first-order valence-corrected chi connectivity index (χ1v) is 8.86. The van der Waals surface area contributed by atoms with Gasteiger partial charge in [-0.15, -0.1) is 0 Å². The molecule has 112 valence electrons. The molecule has 0 radical (unpaired) electrons. The molecule has 0 unspecified atom stereocenters. The van der Waals surface area contributed by atoms with E-state index in [1.54, 1.807) is 6.07 Å². The molecule has 1 fully saturated rings. The Morgan fingerprint density at radius 2 is 2.00 bits per heavy atom. The molecular weight excluding hydrogens is 272 g/mol. The van der Waals surface area contributed by atoms with Crippen LogP contribution < -0.4 is 10.5 Å². The van der Waals surface area contributed by atoms with Gasteiger partial charge in [0.05, 0.1) is 4.90 Å². The van der Waals surface area contributed by atoms with Crippen LogP contribution in [0.2, 0.25) is 0 Å². The van der Waals surface area contributed by atoms with Crippen LogP contribution in [0.4, 0.5) is 0 Å². The van der Waals surface area contributed by atoms with E-state index in [0.717, 1.165) is 24.0 Å². The minimum Gasteiger partial charge on any atom is -0.326 e. The normalized spacial score (nSPS) is 16.7. The Bertz CT molecular complexity index is 549. The van der Waals surface area contributed by atoms with E-state index in [4.69, 9.17) is 5.73 Å². The minimum absolute atomic E-state index is 0.356. The van der Waals surface area contributed by atoms with Gasteiger partial charge in [-0.3, -0.25) is 0 Å². The predicted molar refractivity (Wildman–Crippen MR) is 80.9 cm³/mol. The Morgan fingerprint density at radius 1 is 1.30 bits per heavy atom. The number of rotatable bonds is 6. The number of nitrogens with one attached hydrogen (secondary N) is 1. The van der Waals surface area contributed by atoms with E-state index < -0.39 is 10.0 Å². The lowest BCUT2D eigenvalue weighted by Crippen LogP contribution is -2.29. The summed E-state index contributed by atoms with van der Waals surface area (Å²) in [6.07, 6.45) is 5.40. The number of hydrogen-bond donors (Lipinski definition) is 2. The third-order valence-corrected chi connectivity index (χ3v) is 5.58. The van der Waals surface area contributed by atoms with E-state index in [1.165, 1.54) is 12.8 Å². The van der Waals surface area contributed by atoms with Crippen molar-refractivity contribution >= 4 is 10.0 Å². The van der Waals surface area contributed by atoms with Crippen molar-refractivity contribution in [1.29, 1.82) is 0 Å².